The fourth-order valence-electron chi connectivity index (χ4n) is 4.63. The molecule has 0 fully saturated rings. The van der Waals surface area contributed by atoms with Crippen LogP contribution in [0.1, 0.15) is 19.4 Å². The number of urea groups is 1. The summed E-state index contributed by atoms with van der Waals surface area (Å²) in [4.78, 5) is 29.5. The largest absolute Gasteiger partial charge is 0.488 e. The fraction of sp³-hybridized carbons (Fsp3) is 0.333. The number of aliphatic hydroxyl groups excluding tert-OH is 1. The van der Waals surface area contributed by atoms with Gasteiger partial charge in [0, 0.05) is 36.4 Å². The van der Waals surface area contributed by atoms with Crippen molar-refractivity contribution in [3.63, 3.8) is 0 Å². The first kappa shape index (κ1) is 30.8. The maximum absolute atomic E-state index is 13.4. The lowest BCUT2D eigenvalue weighted by molar-refractivity contribution is -0.134. The van der Waals surface area contributed by atoms with E-state index < -0.39 is 34.0 Å². The summed E-state index contributed by atoms with van der Waals surface area (Å²) in [6.45, 7) is 3.81. The number of nitrogens with one attached hydrogen (secondary N) is 2. The Labute approximate surface area is 245 Å². The molecule has 0 aliphatic carbocycles. The zero-order valence-corrected chi connectivity index (χ0v) is 24.5. The van der Waals surface area contributed by atoms with Gasteiger partial charge in [-0.3, -0.25) is 9.52 Å². The number of carbonyl (C=O) groups excluding carboxylic acids is 2. The molecular formula is C30H35FN4O6S. The van der Waals surface area contributed by atoms with E-state index in [4.69, 9.17) is 4.74 Å². The number of fused-ring (bicyclic) bond motifs is 1. The standard InChI is InChI=1S/C30H35FN4O6S/c1-20-17-35(21(2)19-36)29(37)16-22-15-25(33-42(39,40)26-7-5-4-6-8-26)13-14-27(22)41-28(20)18-34(3)30(38)32-24-11-9-23(31)10-12-24/h4-15,20-21,28,33,36H,16-19H2,1-3H3,(H,32,38)/t20-,21-,28+/m1/s1. The number of halogens is 1. The number of hydrogen-bond donors (Lipinski definition) is 3. The average molecular weight is 599 g/mol. The number of amides is 3. The van der Waals surface area contributed by atoms with Crippen molar-refractivity contribution in [2.45, 2.75) is 37.3 Å². The van der Waals surface area contributed by atoms with E-state index in [1.807, 2.05) is 6.92 Å². The molecule has 0 bridgehead atoms. The van der Waals surface area contributed by atoms with Crippen molar-refractivity contribution in [3.05, 3.63) is 84.2 Å². The van der Waals surface area contributed by atoms with Gasteiger partial charge >= 0.3 is 6.03 Å². The molecule has 0 radical (unpaired) electrons. The second kappa shape index (κ2) is 13.2. The van der Waals surface area contributed by atoms with Gasteiger partial charge in [0.25, 0.3) is 10.0 Å². The summed E-state index contributed by atoms with van der Waals surface area (Å²) in [6, 6.07) is 17.2. The van der Waals surface area contributed by atoms with Crippen molar-refractivity contribution in [2.24, 2.45) is 5.92 Å². The number of likely N-dealkylation sites (N-methyl/N-ethyl adjacent to an activating group) is 1. The molecule has 3 aromatic rings. The van der Waals surface area contributed by atoms with Gasteiger partial charge in [-0.2, -0.15) is 0 Å². The zero-order valence-electron chi connectivity index (χ0n) is 23.7. The second-order valence-electron chi connectivity index (χ2n) is 10.4. The van der Waals surface area contributed by atoms with E-state index in [0.29, 0.717) is 17.0 Å². The normalized spacial score (nSPS) is 18.0. The molecule has 1 aliphatic heterocycles. The SMILES string of the molecule is C[C@@H]1CN([C@H](C)CO)C(=O)Cc2cc(NS(=O)(=O)c3ccccc3)ccc2O[C@H]1CN(C)C(=O)Nc1ccc(F)cc1. The third kappa shape index (κ3) is 7.56. The number of aliphatic hydroxyl groups is 1. The Balaban J connectivity index is 1.61. The van der Waals surface area contributed by atoms with E-state index in [2.05, 4.69) is 10.0 Å². The average Bonchev–Trinajstić information content (AvgIpc) is 3.01. The van der Waals surface area contributed by atoms with Gasteiger partial charge < -0.3 is 25.0 Å². The van der Waals surface area contributed by atoms with Crippen LogP contribution in [0.2, 0.25) is 0 Å². The van der Waals surface area contributed by atoms with Gasteiger partial charge in [0.1, 0.15) is 17.7 Å². The first-order valence-corrected chi connectivity index (χ1v) is 15.0. The number of sulfonamides is 1. The molecular weight excluding hydrogens is 563 g/mol. The summed E-state index contributed by atoms with van der Waals surface area (Å²) in [7, 11) is -2.27. The highest BCUT2D eigenvalue weighted by atomic mass is 32.2. The molecule has 3 aromatic carbocycles. The molecule has 3 amide bonds. The molecule has 1 heterocycles. The minimum Gasteiger partial charge on any atom is -0.488 e. The summed E-state index contributed by atoms with van der Waals surface area (Å²) in [5.41, 5.74) is 1.15. The minimum absolute atomic E-state index is 0.0824. The lowest BCUT2D eigenvalue weighted by atomic mass is 10.0. The van der Waals surface area contributed by atoms with E-state index in [0.717, 1.165) is 0 Å². The summed E-state index contributed by atoms with van der Waals surface area (Å²) in [6.07, 6.45) is -0.653. The Kier molecular flexibility index (Phi) is 9.69. The monoisotopic (exact) mass is 598 g/mol. The van der Waals surface area contributed by atoms with E-state index in [1.165, 1.54) is 41.3 Å². The number of benzene rings is 3. The van der Waals surface area contributed by atoms with Crippen LogP contribution >= 0.6 is 0 Å². The quantitative estimate of drug-likeness (QED) is 0.361. The fourth-order valence-corrected chi connectivity index (χ4v) is 5.70. The molecule has 224 valence electrons. The van der Waals surface area contributed by atoms with Crippen LogP contribution in [0.15, 0.2) is 77.7 Å². The highest BCUT2D eigenvalue weighted by Crippen LogP contribution is 2.30. The van der Waals surface area contributed by atoms with Crippen LogP contribution in [0.25, 0.3) is 0 Å². The van der Waals surface area contributed by atoms with Crippen LogP contribution in [0, 0.1) is 11.7 Å². The van der Waals surface area contributed by atoms with Crippen LogP contribution in [-0.4, -0.2) is 74.2 Å². The first-order valence-electron chi connectivity index (χ1n) is 13.5. The molecule has 42 heavy (non-hydrogen) atoms. The van der Waals surface area contributed by atoms with Gasteiger partial charge in [0.15, 0.2) is 0 Å². The summed E-state index contributed by atoms with van der Waals surface area (Å²) in [5, 5.41) is 12.6. The smallest absolute Gasteiger partial charge is 0.321 e. The lowest BCUT2D eigenvalue weighted by Gasteiger charge is -2.34. The number of ether oxygens (including phenoxy) is 1. The molecule has 0 spiro atoms. The van der Waals surface area contributed by atoms with Gasteiger partial charge in [0.05, 0.1) is 30.5 Å². The topological polar surface area (TPSA) is 128 Å². The summed E-state index contributed by atoms with van der Waals surface area (Å²) in [5.74, 6) is -0.542. The molecule has 12 heteroatoms. The van der Waals surface area contributed by atoms with Crippen molar-refractivity contribution < 1.29 is 32.2 Å². The van der Waals surface area contributed by atoms with Gasteiger partial charge in [-0.15, -0.1) is 0 Å². The number of carbonyl (C=O) groups is 2. The predicted molar refractivity (Wildman–Crippen MR) is 157 cm³/mol. The third-order valence-electron chi connectivity index (χ3n) is 7.12. The van der Waals surface area contributed by atoms with E-state index in [1.54, 1.807) is 55.3 Å². The lowest BCUT2D eigenvalue weighted by Crippen LogP contribution is -2.48. The Morgan fingerprint density at radius 2 is 1.79 bits per heavy atom. The first-order chi connectivity index (χ1) is 20.0. The van der Waals surface area contributed by atoms with Gasteiger partial charge in [-0.05, 0) is 61.5 Å². The Bertz CT molecular complexity index is 1500. The minimum atomic E-state index is -3.87. The molecule has 10 nitrogen and oxygen atoms in total. The number of anilines is 2. The highest BCUT2D eigenvalue weighted by molar-refractivity contribution is 7.92. The van der Waals surface area contributed by atoms with E-state index in [9.17, 15) is 27.5 Å². The second-order valence-corrected chi connectivity index (χ2v) is 12.1. The van der Waals surface area contributed by atoms with Crippen LogP contribution in [0.5, 0.6) is 5.75 Å². The Morgan fingerprint density at radius 3 is 2.45 bits per heavy atom. The van der Waals surface area contributed by atoms with Crippen molar-refractivity contribution in [1.82, 2.24) is 9.80 Å². The predicted octanol–water partition coefficient (Wildman–Crippen LogP) is 3.94. The number of nitrogens with zero attached hydrogens (tertiary/aromatic N) is 2. The van der Waals surface area contributed by atoms with Crippen LogP contribution < -0.4 is 14.8 Å². The Morgan fingerprint density at radius 1 is 1.12 bits per heavy atom. The molecule has 0 unspecified atom stereocenters. The third-order valence-corrected chi connectivity index (χ3v) is 8.52. The Hall–Kier alpha value is -4.16. The number of rotatable bonds is 8. The van der Waals surface area contributed by atoms with Crippen molar-refractivity contribution in [2.75, 3.05) is 36.8 Å². The van der Waals surface area contributed by atoms with Gasteiger partial charge in [-0.1, -0.05) is 25.1 Å². The molecule has 3 N–H and O–H groups in total. The molecule has 3 atom stereocenters. The van der Waals surface area contributed by atoms with Gasteiger partial charge in [-0.25, -0.2) is 17.6 Å². The zero-order chi connectivity index (χ0) is 30.4. The van der Waals surface area contributed by atoms with Gasteiger partial charge in [0.2, 0.25) is 5.91 Å². The molecule has 1 aliphatic rings. The van der Waals surface area contributed by atoms with Crippen LogP contribution in [0.3, 0.4) is 0 Å². The maximum atomic E-state index is 13.4. The van der Waals surface area contributed by atoms with Crippen molar-refractivity contribution in [3.8, 4) is 5.75 Å². The van der Waals surface area contributed by atoms with E-state index in [-0.39, 0.29) is 48.5 Å². The van der Waals surface area contributed by atoms with Crippen LogP contribution in [-0.2, 0) is 21.2 Å². The van der Waals surface area contributed by atoms with E-state index >= 15 is 0 Å². The molecule has 0 aromatic heterocycles. The molecule has 4 rings (SSSR count). The molecule has 0 saturated carbocycles. The number of hydrogen-bond acceptors (Lipinski definition) is 6. The van der Waals surface area contributed by atoms with Crippen LogP contribution in [0.4, 0.5) is 20.6 Å². The van der Waals surface area contributed by atoms with Crippen molar-refractivity contribution >= 4 is 33.3 Å². The highest BCUT2D eigenvalue weighted by Gasteiger charge is 2.32. The molecule has 0 saturated heterocycles. The summed E-state index contributed by atoms with van der Waals surface area (Å²) < 4.78 is 48.1. The summed E-state index contributed by atoms with van der Waals surface area (Å²) >= 11 is 0. The van der Waals surface area contributed by atoms with Crippen molar-refractivity contribution in [1.29, 1.82) is 0 Å². The maximum Gasteiger partial charge on any atom is 0.321 e.